The van der Waals surface area contributed by atoms with Gasteiger partial charge in [-0.1, -0.05) is 12.2 Å². The van der Waals surface area contributed by atoms with Crippen LogP contribution in [0, 0.1) is 0 Å². The Bertz CT molecular complexity index is 802. The number of piperazine rings is 1. The first-order valence-electron chi connectivity index (χ1n) is 9.20. The van der Waals surface area contributed by atoms with Gasteiger partial charge in [0.05, 0.1) is 17.6 Å². The molecule has 1 amide bonds. The van der Waals surface area contributed by atoms with Crippen LogP contribution >= 0.6 is 0 Å². The largest absolute Gasteiger partial charge is 0.367 e. The first kappa shape index (κ1) is 18.9. The highest BCUT2D eigenvalue weighted by Gasteiger charge is 2.17. The van der Waals surface area contributed by atoms with Crippen LogP contribution in [0.1, 0.15) is 31.3 Å². The van der Waals surface area contributed by atoms with Crippen LogP contribution in [0.25, 0.3) is 0 Å². The molecule has 1 aromatic heterocycles. The van der Waals surface area contributed by atoms with E-state index in [0.717, 1.165) is 36.6 Å². The molecule has 27 heavy (non-hydrogen) atoms. The number of hydrogen-bond donors (Lipinski definition) is 2. The highest BCUT2D eigenvalue weighted by atomic mass is 16.1. The minimum absolute atomic E-state index is 0.226. The third-order valence-corrected chi connectivity index (χ3v) is 4.43. The number of aromatic nitrogens is 1. The third kappa shape index (κ3) is 4.86. The Morgan fingerprint density at radius 3 is 2.85 bits per heavy atom. The molecule has 0 radical (unpaired) electrons. The molecule has 2 aliphatic heterocycles. The summed E-state index contributed by atoms with van der Waals surface area (Å²) in [5.74, 6) is -0.226. The monoisotopic (exact) mass is 365 g/mol. The molecule has 1 saturated heterocycles. The lowest BCUT2D eigenvalue weighted by molar-refractivity contribution is 0.0961. The number of hydrogen-bond acceptors (Lipinski definition) is 5. The number of carbonyl (C=O) groups excluding carboxylic acids is 1. The van der Waals surface area contributed by atoms with Gasteiger partial charge in [-0.3, -0.25) is 4.79 Å². The van der Waals surface area contributed by atoms with E-state index in [1.165, 1.54) is 0 Å². The summed E-state index contributed by atoms with van der Waals surface area (Å²) >= 11 is 0. The van der Waals surface area contributed by atoms with Gasteiger partial charge in [0.2, 0.25) is 0 Å². The summed E-state index contributed by atoms with van der Waals surface area (Å²) in [6.07, 6.45) is 9.31. The fourth-order valence-corrected chi connectivity index (χ4v) is 3.09. The Labute approximate surface area is 161 Å². The summed E-state index contributed by atoms with van der Waals surface area (Å²) in [6.45, 7) is 13.0. The Hall–Kier alpha value is -2.86. The van der Waals surface area contributed by atoms with Crippen molar-refractivity contribution in [3.8, 4) is 0 Å². The molecule has 1 atom stereocenters. The first-order valence-corrected chi connectivity index (χ1v) is 9.20. The molecule has 1 unspecified atom stereocenters. The molecule has 2 aliphatic rings. The van der Waals surface area contributed by atoms with Gasteiger partial charge >= 0.3 is 0 Å². The van der Waals surface area contributed by atoms with Gasteiger partial charge in [0, 0.05) is 43.8 Å². The van der Waals surface area contributed by atoms with Crippen LogP contribution in [-0.4, -0.2) is 41.5 Å². The van der Waals surface area contributed by atoms with Gasteiger partial charge in [-0.05, 0) is 45.1 Å². The Morgan fingerprint density at radius 1 is 1.37 bits per heavy atom. The van der Waals surface area contributed by atoms with E-state index in [0.29, 0.717) is 17.4 Å². The van der Waals surface area contributed by atoms with Crippen molar-refractivity contribution in [3.05, 3.63) is 72.1 Å². The number of rotatable bonds is 4. The van der Waals surface area contributed by atoms with Gasteiger partial charge in [0.1, 0.15) is 5.69 Å². The number of nitrogens with zero attached hydrogens (tertiary/aromatic N) is 3. The maximum Gasteiger partial charge on any atom is 0.274 e. The summed E-state index contributed by atoms with van der Waals surface area (Å²) in [7, 11) is 0. The van der Waals surface area contributed by atoms with Gasteiger partial charge in [0.25, 0.3) is 5.91 Å². The fraction of sp³-hybridized carbons (Fsp3) is 0.333. The highest BCUT2D eigenvalue weighted by Crippen LogP contribution is 2.17. The molecule has 1 fully saturated rings. The van der Waals surface area contributed by atoms with E-state index in [2.05, 4.69) is 34.0 Å². The number of anilines is 1. The normalized spacial score (nSPS) is 19.6. The standard InChI is InChI=1S/C21H27N5O/c1-15(2)12-26-14-18(6-5-17(26)4)24-21(27)20-8-7-19(11-23-20)25-10-9-22-16(3)13-25/h5-8,11-12,14,16,22H,4,9-10,13H2,1-3H3,(H,24,27). The van der Waals surface area contributed by atoms with Crippen molar-refractivity contribution in [3.63, 3.8) is 0 Å². The van der Waals surface area contributed by atoms with Crippen molar-refractivity contribution in [2.45, 2.75) is 26.8 Å². The van der Waals surface area contributed by atoms with Crippen molar-refractivity contribution in [2.75, 3.05) is 24.5 Å². The zero-order valence-corrected chi connectivity index (χ0v) is 16.2. The number of nitrogens with one attached hydrogen (secondary N) is 2. The number of allylic oxidation sites excluding steroid dienone is 3. The van der Waals surface area contributed by atoms with Gasteiger partial charge < -0.3 is 20.4 Å². The van der Waals surface area contributed by atoms with E-state index < -0.39 is 0 Å². The van der Waals surface area contributed by atoms with E-state index in [1.54, 1.807) is 12.3 Å². The molecule has 3 heterocycles. The third-order valence-electron chi connectivity index (χ3n) is 4.43. The molecule has 6 heteroatoms. The second kappa shape index (κ2) is 8.22. The van der Waals surface area contributed by atoms with Crippen LogP contribution in [0.5, 0.6) is 0 Å². The van der Waals surface area contributed by atoms with Gasteiger partial charge in [0.15, 0.2) is 0 Å². The lowest BCUT2D eigenvalue weighted by atomic mass is 10.2. The molecule has 2 N–H and O–H groups in total. The lowest BCUT2D eigenvalue weighted by Gasteiger charge is -2.33. The molecule has 6 nitrogen and oxygen atoms in total. The van der Waals surface area contributed by atoms with Crippen molar-refractivity contribution < 1.29 is 4.79 Å². The predicted octanol–water partition coefficient (Wildman–Crippen LogP) is 2.76. The van der Waals surface area contributed by atoms with Gasteiger partial charge in [-0.2, -0.15) is 0 Å². The summed E-state index contributed by atoms with van der Waals surface area (Å²) in [5.41, 5.74) is 4.14. The van der Waals surface area contributed by atoms with Crippen LogP contribution in [0.15, 0.2) is 66.4 Å². The molecule has 0 spiro atoms. The van der Waals surface area contributed by atoms with Crippen molar-refractivity contribution >= 4 is 11.6 Å². The maximum atomic E-state index is 12.5. The van der Waals surface area contributed by atoms with E-state index in [-0.39, 0.29) is 5.91 Å². The summed E-state index contributed by atoms with van der Waals surface area (Å²) in [5, 5.41) is 6.32. The van der Waals surface area contributed by atoms with E-state index in [4.69, 9.17) is 0 Å². The predicted molar refractivity (Wildman–Crippen MR) is 109 cm³/mol. The van der Waals surface area contributed by atoms with Crippen molar-refractivity contribution in [1.82, 2.24) is 20.5 Å². The molecular weight excluding hydrogens is 338 g/mol. The molecule has 1 aromatic rings. The zero-order chi connectivity index (χ0) is 19.4. The molecule has 142 valence electrons. The van der Waals surface area contributed by atoms with E-state index in [1.807, 2.05) is 49.4 Å². The van der Waals surface area contributed by atoms with Crippen LogP contribution < -0.4 is 15.5 Å². The van der Waals surface area contributed by atoms with Gasteiger partial charge in [-0.25, -0.2) is 4.98 Å². The molecular formula is C21H27N5O. The summed E-state index contributed by atoms with van der Waals surface area (Å²) in [6, 6.07) is 4.19. The number of amides is 1. The minimum Gasteiger partial charge on any atom is -0.367 e. The summed E-state index contributed by atoms with van der Waals surface area (Å²) < 4.78 is 0. The van der Waals surface area contributed by atoms with E-state index >= 15 is 0 Å². The molecule has 0 aliphatic carbocycles. The Kier molecular flexibility index (Phi) is 5.76. The molecule has 0 bridgehead atoms. The molecule has 3 rings (SSSR count). The zero-order valence-electron chi connectivity index (χ0n) is 16.2. The second-order valence-electron chi connectivity index (χ2n) is 7.18. The van der Waals surface area contributed by atoms with Crippen LogP contribution in [0.2, 0.25) is 0 Å². The van der Waals surface area contributed by atoms with Gasteiger partial charge in [-0.15, -0.1) is 0 Å². The SMILES string of the molecule is C=C1C=CC(NC(=O)c2ccc(N3CCNC(C)C3)cn2)=CN1C=C(C)C. The molecule has 0 saturated carbocycles. The lowest BCUT2D eigenvalue weighted by Crippen LogP contribution is -2.49. The highest BCUT2D eigenvalue weighted by molar-refractivity contribution is 5.94. The van der Waals surface area contributed by atoms with Crippen LogP contribution in [0.4, 0.5) is 5.69 Å². The van der Waals surface area contributed by atoms with E-state index in [9.17, 15) is 4.79 Å². The summed E-state index contributed by atoms with van der Waals surface area (Å²) in [4.78, 5) is 21.1. The quantitative estimate of drug-likeness (QED) is 0.859. The number of pyridine rings is 1. The number of carbonyl (C=O) groups is 1. The average molecular weight is 365 g/mol. The van der Waals surface area contributed by atoms with Crippen molar-refractivity contribution in [1.29, 1.82) is 0 Å². The second-order valence-corrected chi connectivity index (χ2v) is 7.18. The fourth-order valence-electron chi connectivity index (χ4n) is 3.09. The minimum atomic E-state index is -0.226. The van der Waals surface area contributed by atoms with Crippen LogP contribution in [-0.2, 0) is 0 Å². The molecule has 0 aromatic carbocycles. The van der Waals surface area contributed by atoms with Crippen molar-refractivity contribution in [2.24, 2.45) is 0 Å². The Morgan fingerprint density at radius 2 is 2.19 bits per heavy atom. The van der Waals surface area contributed by atoms with Crippen LogP contribution in [0.3, 0.4) is 0 Å². The Balaban J connectivity index is 1.67. The average Bonchev–Trinajstić information content (AvgIpc) is 2.64. The topological polar surface area (TPSA) is 60.5 Å². The smallest absolute Gasteiger partial charge is 0.274 e. The first-order chi connectivity index (χ1) is 12.9. The maximum absolute atomic E-state index is 12.5.